The van der Waals surface area contributed by atoms with Gasteiger partial charge in [-0.05, 0) is 146 Å². The van der Waals surface area contributed by atoms with Crippen LogP contribution in [0.1, 0.15) is 114 Å². The summed E-state index contributed by atoms with van der Waals surface area (Å²) >= 11 is 1.64. The van der Waals surface area contributed by atoms with E-state index in [1.165, 1.54) is 59.2 Å². The maximum absolute atomic E-state index is 13.8. The van der Waals surface area contributed by atoms with Crippen molar-refractivity contribution in [3.8, 4) is 5.75 Å². The third-order valence-corrected chi connectivity index (χ3v) is 19.8. The number of nitrogens with one attached hydrogen (secondary N) is 1. The number of alkyl halides is 3. The van der Waals surface area contributed by atoms with Gasteiger partial charge in [0.25, 0.3) is 5.91 Å². The van der Waals surface area contributed by atoms with Crippen molar-refractivity contribution in [1.82, 2.24) is 25.0 Å². The second-order valence-corrected chi connectivity index (χ2v) is 27.0. The number of halogens is 5. The molecule has 7 aromatic carbocycles. The molecular formula is C80H85F5N8O8S. The van der Waals surface area contributed by atoms with E-state index in [0.29, 0.717) is 108 Å². The number of benzene rings is 7. The largest absolute Gasteiger partial charge is 0.481 e. The van der Waals surface area contributed by atoms with E-state index in [1.807, 2.05) is 98.6 Å². The van der Waals surface area contributed by atoms with Crippen molar-refractivity contribution in [2.24, 2.45) is 21.9 Å². The van der Waals surface area contributed by atoms with Gasteiger partial charge in [0.15, 0.2) is 17.7 Å². The SMILES string of the molecule is C[C@H](Oc1ccc(F)cc1)C(=O)N1CCc2ccccc2C1.O=C(CSCc1ccccc1)N1CCN(c2ccccc2F)CC1.O=C(c1ccc2ccccc2c1)[C@@H]1CCCN(C(=O)CCC2=CCN=C2)C1.O=C1CCC(CCC(=O)N2CCC[C@H](C(=O)c3cccc(C(F)(F)F)c3)C2)=NN1. The van der Waals surface area contributed by atoms with Gasteiger partial charge in [-0.25, -0.2) is 14.2 Å². The van der Waals surface area contributed by atoms with Crippen molar-refractivity contribution in [2.75, 3.05) is 76.1 Å². The van der Waals surface area contributed by atoms with E-state index in [1.54, 1.807) is 35.7 Å². The highest BCUT2D eigenvalue weighted by molar-refractivity contribution is 7.99. The van der Waals surface area contributed by atoms with Gasteiger partial charge in [0.2, 0.25) is 23.6 Å². The van der Waals surface area contributed by atoms with Crippen molar-refractivity contribution in [2.45, 2.75) is 102 Å². The third kappa shape index (κ3) is 21.6. The van der Waals surface area contributed by atoms with Crippen molar-refractivity contribution < 1.29 is 60.3 Å². The molecule has 3 saturated heterocycles. The molecule has 534 valence electrons. The number of carbonyl (C=O) groups excluding carboxylic acids is 7. The number of anilines is 1. The van der Waals surface area contributed by atoms with E-state index in [9.17, 15) is 55.5 Å². The lowest BCUT2D eigenvalue weighted by Crippen LogP contribution is -2.49. The molecule has 0 aromatic heterocycles. The predicted octanol–water partition coefficient (Wildman–Crippen LogP) is 13.8. The van der Waals surface area contributed by atoms with E-state index in [-0.39, 0.29) is 77.2 Å². The topological polar surface area (TPSA) is 182 Å². The molecular weight excluding hydrogens is 1330 g/mol. The Kier molecular flexibility index (Phi) is 26.9. The summed E-state index contributed by atoms with van der Waals surface area (Å²) in [5, 5.41) is 6.16. The van der Waals surface area contributed by atoms with Gasteiger partial charge in [-0.15, -0.1) is 11.8 Å². The van der Waals surface area contributed by atoms with E-state index in [0.717, 1.165) is 84.3 Å². The standard InChI is InChI=1S/C23H24N2O2.C20H22F3N3O3.C19H21FN2OS.C18H18FNO2/c26-22(10-7-17-11-12-24-15-17)25-13-3-6-21(16-25)23(27)20-9-8-18-4-1-2-5-19(18)14-20;21-20(22,23)15-5-1-3-13(11-15)19(29)14-4-2-10-26(12-14)18(28)9-7-16-6-8-17(27)25-24-16;20-17-8-4-5-9-18(17)21-10-12-22(13-11-21)19(23)15-24-14-16-6-2-1-3-7-16;1-13(22-17-8-6-16(19)7-9-17)18(21)20-11-10-14-4-2-3-5-15(14)12-20/h1-2,4-5,8-9,11,14-15,21H,3,6-7,10,12-13,16H2;1,3,5,11,14H,2,4,6-10,12H2,(H,25,27);1-9H,10-15H2;2-9,13H,10-12H2,1H3/t21-;14-;;13-/m10.0/s1. The summed E-state index contributed by atoms with van der Waals surface area (Å²) in [5.41, 5.74) is 8.56. The lowest BCUT2D eigenvalue weighted by molar-refractivity contribution is -0.139. The number of piperidine rings is 2. The van der Waals surface area contributed by atoms with Crippen molar-refractivity contribution in [3.63, 3.8) is 0 Å². The number of ether oxygens (including phenoxy) is 1. The molecule has 5 amide bonds. The molecule has 0 radical (unpaired) electrons. The monoisotopic (exact) mass is 1410 g/mol. The van der Waals surface area contributed by atoms with Gasteiger partial charge in [-0.1, -0.05) is 121 Å². The van der Waals surface area contributed by atoms with Crippen LogP contribution in [0, 0.1) is 23.5 Å². The highest BCUT2D eigenvalue weighted by Crippen LogP contribution is 2.32. The van der Waals surface area contributed by atoms with Gasteiger partial charge in [0, 0.05) is 125 Å². The number of para-hydroxylation sites is 1. The zero-order valence-corrected chi connectivity index (χ0v) is 58.0. The Morgan fingerprint density at radius 2 is 1.25 bits per heavy atom. The van der Waals surface area contributed by atoms with Crippen molar-refractivity contribution in [3.05, 3.63) is 227 Å². The maximum atomic E-state index is 13.8. The van der Waals surface area contributed by atoms with Crippen molar-refractivity contribution in [1.29, 1.82) is 0 Å². The van der Waals surface area contributed by atoms with Crippen LogP contribution < -0.4 is 15.1 Å². The Labute approximate surface area is 596 Å². The number of hydrogen-bond donors (Lipinski definition) is 1. The minimum absolute atomic E-state index is 0.0198. The first kappa shape index (κ1) is 74.8. The average Bonchev–Trinajstić information content (AvgIpc) is 0.863. The number of allylic oxidation sites excluding steroid dienone is 1. The maximum Gasteiger partial charge on any atom is 0.416 e. The minimum Gasteiger partial charge on any atom is -0.481 e. The summed E-state index contributed by atoms with van der Waals surface area (Å²) < 4.78 is 71.0. The van der Waals surface area contributed by atoms with Crippen LogP contribution in [0.2, 0.25) is 0 Å². The number of piperazine rings is 1. The van der Waals surface area contributed by atoms with E-state index in [2.05, 4.69) is 51.9 Å². The fourth-order valence-electron chi connectivity index (χ4n) is 13.1. The number of rotatable bonds is 18. The number of ketones is 2. The van der Waals surface area contributed by atoms with Crippen LogP contribution in [0.25, 0.3) is 10.8 Å². The number of fused-ring (bicyclic) bond motifs is 2. The molecule has 0 unspecified atom stereocenters. The smallest absolute Gasteiger partial charge is 0.416 e. The van der Waals surface area contributed by atoms with Gasteiger partial charge in [0.1, 0.15) is 17.4 Å². The number of hydrazone groups is 1. The number of amides is 5. The minimum atomic E-state index is -4.51. The second kappa shape index (κ2) is 36.7. The van der Waals surface area contributed by atoms with Gasteiger partial charge in [-0.2, -0.15) is 18.3 Å². The quantitative estimate of drug-likeness (QED) is 0.0641. The first-order valence-electron chi connectivity index (χ1n) is 34.8. The van der Waals surface area contributed by atoms with E-state index in [4.69, 9.17) is 4.74 Å². The summed E-state index contributed by atoms with van der Waals surface area (Å²) in [6.45, 7) is 8.46. The highest BCUT2D eigenvalue weighted by Gasteiger charge is 2.35. The summed E-state index contributed by atoms with van der Waals surface area (Å²) in [4.78, 5) is 100. The number of carbonyl (C=O) groups is 7. The fourth-order valence-corrected chi connectivity index (χ4v) is 14.0. The highest BCUT2D eigenvalue weighted by atomic mass is 32.2. The number of nitrogens with zero attached hydrogens (tertiary/aromatic N) is 7. The molecule has 0 saturated carbocycles. The Balaban J connectivity index is 0.000000147. The molecule has 22 heteroatoms. The van der Waals surface area contributed by atoms with E-state index >= 15 is 0 Å². The summed E-state index contributed by atoms with van der Waals surface area (Å²) in [5.74, 6) is 0.509. The molecule has 1 N–H and O–H groups in total. The van der Waals surface area contributed by atoms with Gasteiger partial charge >= 0.3 is 6.18 Å². The average molecular weight is 1410 g/mol. The summed E-state index contributed by atoms with van der Waals surface area (Å²) in [6, 6.07) is 49.3. The second-order valence-electron chi connectivity index (χ2n) is 26.0. The molecule has 6 aliphatic heterocycles. The molecule has 102 heavy (non-hydrogen) atoms. The van der Waals surface area contributed by atoms with Crippen LogP contribution in [0.5, 0.6) is 5.75 Å². The molecule has 7 aromatic rings. The zero-order chi connectivity index (χ0) is 72.0. The molecule has 3 atom stereocenters. The molecule has 13 rings (SSSR count). The number of Topliss-reactive ketones (excluding diaryl/α,β-unsaturated/α-hetero) is 2. The number of thioether (sulfide) groups is 1. The van der Waals surface area contributed by atoms with E-state index < -0.39 is 23.8 Å². The van der Waals surface area contributed by atoms with Crippen molar-refractivity contribution >= 4 is 81.3 Å². The van der Waals surface area contributed by atoms with Crippen LogP contribution in [0.3, 0.4) is 0 Å². The molecule has 0 spiro atoms. The number of aliphatic imine (C=N–C) groups is 1. The lowest BCUT2D eigenvalue weighted by atomic mass is 9.89. The van der Waals surface area contributed by atoms with Crippen LogP contribution in [0.15, 0.2) is 192 Å². The van der Waals surface area contributed by atoms with Crippen LogP contribution in [-0.4, -0.2) is 150 Å². The molecule has 0 aliphatic carbocycles. The predicted molar refractivity (Wildman–Crippen MR) is 387 cm³/mol. The Bertz CT molecular complexity index is 4170. The Morgan fingerprint density at radius 3 is 1.90 bits per heavy atom. The van der Waals surface area contributed by atoms with Gasteiger partial charge in [-0.3, -0.25) is 38.6 Å². The van der Waals surface area contributed by atoms with Crippen LogP contribution in [0.4, 0.5) is 27.6 Å². The van der Waals surface area contributed by atoms with Crippen LogP contribution >= 0.6 is 11.8 Å². The summed E-state index contributed by atoms with van der Waals surface area (Å²) in [6.07, 6.45) is 5.36. The molecule has 0 bridgehead atoms. The van der Waals surface area contributed by atoms with Gasteiger partial charge < -0.3 is 29.2 Å². The Hall–Kier alpha value is -9.83. The summed E-state index contributed by atoms with van der Waals surface area (Å²) in [7, 11) is 0. The number of hydrogen-bond acceptors (Lipinski definition) is 12. The first-order chi connectivity index (χ1) is 49.3. The zero-order valence-electron chi connectivity index (χ0n) is 57.2. The first-order valence-corrected chi connectivity index (χ1v) is 36.0. The third-order valence-electron chi connectivity index (χ3n) is 18.8. The lowest BCUT2D eigenvalue weighted by Gasteiger charge is -2.36. The fraction of sp³-hybridized carbons (Fsp3) is 0.362. The molecule has 3 fully saturated rings. The van der Waals surface area contributed by atoms with Crippen LogP contribution in [-0.2, 0) is 48.9 Å². The number of likely N-dealkylation sites (tertiary alicyclic amines) is 2. The molecule has 6 heterocycles. The molecule has 6 aliphatic rings. The van der Waals surface area contributed by atoms with Gasteiger partial charge in [0.05, 0.1) is 23.5 Å². The Morgan fingerprint density at radius 1 is 0.608 bits per heavy atom. The molecule has 16 nitrogen and oxygen atoms in total. The normalized spacial score (nSPS) is 17.5.